The molecule has 2 aromatic rings. The van der Waals surface area contributed by atoms with Crippen molar-refractivity contribution in [3.8, 4) is 11.5 Å². The Morgan fingerprint density at radius 2 is 1.78 bits per heavy atom. The molecule has 0 aromatic heterocycles. The van der Waals surface area contributed by atoms with Crippen molar-refractivity contribution in [3.05, 3.63) is 61.5 Å². The fourth-order valence-corrected chi connectivity index (χ4v) is 5.74. The zero-order valence-electron chi connectivity index (χ0n) is 21.8. The number of rotatable bonds is 11. The van der Waals surface area contributed by atoms with Gasteiger partial charge in [-0.1, -0.05) is 36.1 Å². The maximum Gasteiger partial charge on any atom is 0.305 e. The van der Waals surface area contributed by atoms with Gasteiger partial charge in [0.1, 0.15) is 10.9 Å². The second-order valence-electron chi connectivity index (χ2n) is 8.66. The molecule has 1 aliphatic rings. The van der Waals surface area contributed by atoms with Crippen LogP contribution in [0.4, 0.5) is 0 Å². The summed E-state index contributed by atoms with van der Waals surface area (Å²) in [6.45, 7) is 11.6. The monoisotopic (exact) mass is 605 g/mol. The van der Waals surface area contributed by atoms with Crippen molar-refractivity contribution in [2.45, 2.75) is 54.1 Å². The van der Waals surface area contributed by atoms with E-state index in [9.17, 15) is 9.59 Å². The molecule has 0 atom stereocenters. The highest BCUT2D eigenvalue weighted by Crippen LogP contribution is 2.40. The molecule has 0 saturated carbocycles. The second-order valence-corrected chi connectivity index (χ2v) is 11.2. The lowest BCUT2D eigenvalue weighted by Crippen LogP contribution is -2.29. The number of amides is 1. The van der Waals surface area contributed by atoms with E-state index in [0.29, 0.717) is 53.5 Å². The maximum absolute atomic E-state index is 13.0. The molecule has 9 heteroatoms. The Balaban J connectivity index is 1.77. The van der Waals surface area contributed by atoms with Crippen LogP contribution in [0.5, 0.6) is 11.5 Å². The molecule has 0 spiro atoms. The molecule has 0 unspecified atom stereocenters. The summed E-state index contributed by atoms with van der Waals surface area (Å²) < 4.78 is 18.3. The standard InChI is InChI=1S/C28H32BrNO5S2/c1-6-33-23-14-20(13-22(29)26(23)35-16-21-12-18(4)17(3)11-19(21)5)15-24-27(32)30(28(36)37-24)10-8-9-25(31)34-7-2/h11-15H,6-10,16H2,1-5H3/b24-15+. The van der Waals surface area contributed by atoms with Gasteiger partial charge in [0.25, 0.3) is 5.91 Å². The first-order valence-electron chi connectivity index (χ1n) is 12.2. The minimum atomic E-state index is -0.272. The number of carbonyl (C=O) groups excluding carboxylic acids is 2. The summed E-state index contributed by atoms with van der Waals surface area (Å²) in [5, 5.41) is 0. The molecule has 6 nitrogen and oxygen atoms in total. The highest BCUT2D eigenvalue weighted by atomic mass is 79.9. The molecular formula is C28H32BrNO5S2. The van der Waals surface area contributed by atoms with Gasteiger partial charge in [-0.2, -0.15) is 0 Å². The molecule has 37 heavy (non-hydrogen) atoms. The first-order valence-corrected chi connectivity index (χ1v) is 14.2. The fraction of sp³-hybridized carbons (Fsp3) is 0.393. The molecule has 2 aromatic carbocycles. The van der Waals surface area contributed by atoms with E-state index in [-0.39, 0.29) is 18.3 Å². The lowest BCUT2D eigenvalue weighted by Gasteiger charge is -2.16. The predicted octanol–water partition coefficient (Wildman–Crippen LogP) is 6.90. The first kappa shape index (κ1) is 29.2. The summed E-state index contributed by atoms with van der Waals surface area (Å²) in [5.74, 6) is 0.767. The van der Waals surface area contributed by atoms with Crippen LogP contribution in [-0.2, 0) is 20.9 Å². The van der Waals surface area contributed by atoms with Crippen molar-refractivity contribution in [2.75, 3.05) is 19.8 Å². The van der Waals surface area contributed by atoms with Gasteiger partial charge in [-0.25, -0.2) is 0 Å². The number of hydrogen-bond donors (Lipinski definition) is 0. The molecule has 0 N–H and O–H groups in total. The van der Waals surface area contributed by atoms with Gasteiger partial charge < -0.3 is 14.2 Å². The van der Waals surface area contributed by atoms with Gasteiger partial charge in [0, 0.05) is 13.0 Å². The minimum absolute atomic E-state index is 0.168. The molecular weight excluding hydrogens is 574 g/mol. The number of benzene rings is 2. The second kappa shape index (κ2) is 13.4. The lowest BCUT2D eigenvalue weighted by molar-refractivity contribution is -0.143. The average molecular weight is 607 g/mol. The molecule has 198 valence electrons. The van der Waals surface area contributed by atoms with E-state index in [1.165, 1.54) is 33.4 Å². The third-order valence-corrected chi connectivity index (χ3v) is 7.86. The largest absolute Gasteiger partial charge is 0.490 e. The van der Waals surface area contributed by atoms with Crippen molar-refractivity contribution >= 4 is 62.2 Å². The van der Waals surface area contributed by atoms with Crippen molar-refractivity contribution in [1.82, 2.24) is 4.90 Å². The first-order chi connectivity index (χ1) is 17.6. The molecule has 0 aliphatic carbocycles. The van der Waals surface area contributed by atoms with E-state index in [2.05, 4.69) is 48.8 Å². The van der Waals surface area contributed by atoms with Crippen molar-refractivity contribution in [3.63, 3.8) is 0 Å². The van der Waals surface area contributed by atoms with Crippen LogP contribution in [0.15, 0.2) is 33.6 Å². The van der Waals surface area contributed by atoms with Crippen LogP contribution in [0.25, 0.3) is 6.08 Å². The third kappa shape index (κ3) is 7.58. The summed E-state index contributed by atoms with van der Waals surface area (Å²) in [4.78, 5) is 26.7. The summed E-state index contributed by atoms with van der Waals surface area (Å²) in [7, 11) is 0. The van der Waals surface area contributed by atoms with Gasteiger partial charge in [0.05, 0.1) is 22.6 Å². The molecule has 3 rings (SSSR count). The van der Waals surface area contributed by atoms with E-state index in [0.717, 1.165) is 15.6 Å². The number of ether oxygens (including phenoxy) is 3. The summed E-state index contributed by atoms with van der Waals surface area (Å²) in [5.41, 5.74) is 5.57. The van der Waals surface area contributed by atoms with Gasteiger partial charge in [0.2, 0.25) is 0 Å². The van der Waals surface area contributed by atoms with E-state index < -0.39 is 0 Å². The molecule has 1 aliphatic heterocycles. The van der Waals surface area contributed by atoms with Crippen LogP contribution in [0.3, 0.4) is 0 Å². The number of aryl methyl sites for hydroxylation is 3. The molecule has 0 radical (unpaired) electrons. The zero-order chi connectivity index (χ0) is 27.1. The Morgan fingerprint density at radius 3 is 2.49 bits per heavy atom. The Labute approximate surface area is 236 Å². The van der Waals surface area contributed by atoms with Crippen LogP contribution >= 0.6 is 39.9 Å². The molecule has 1 saturated heterocycles. The van der Waals surface area contributed by atoms with Crippen LogP contribution in [-0.4, -0.2) is 40.9 Å². The van der Waals surface area contributed by atoms with Crippen LogP contribution in [0.2, 0.25) is 0 Å². The van der Waals surface area contributed by atoms with Crippen molar-refractivity contribution < 1.29 is 23.8 Å². The van der Waals surface area contributed by atoms with Crippen LogP contribution < -0.4 is 9.47 Å². The predicted molar refractivity (Wildman–Crippen MR) is 156 cm³/mol. The average Bonchev–Trinajstić information content (AvgIpc) is 3.09. The van der Waals surface area contributed by atoms with Gasteiger partial charge in [0.15, 0.2) is 11.5 Å². The quantitative estimate of drug-likeness (QED) is 0.157. The molecule has 1 fully saturated rings. The Hall–Kier alpha value is -2.36. The topological polar surface area (TPSA) is 65.1 Å². The van der Waals surface area contributed by atoms with Crippen molar-refractivity contribution in [1.29, 1.82) is 0 Å². The SMILES string of the molecule is CCOC(=O)CCCN1C(=O)/C(=C\c2cc(Br)c(OCc3cc(C)c(C)cc3C)c(OCC)c2)SC1=S. The molecule has 1 amide bonds. The smallest absolute Gasteiger partial charge is 0.305 e. The maximum atomic E-state index is 13.0. The molecule has 0 bridgehead atoms. The van der Waals surface area contributed by atoms with E-state index in [1.54, 1.807) is 13.0 Å². The fourth-order valence-electron chi connectivity index (χ4n) is 3.86. The Kier molecular flexibility index (Phi) is 10.6. The number of hydrogen-bond acceptors (Lipinski definition) is 7. The number of halogens is 1. The van der Waals surface area contributed by atoms with E-state index in [4.69, 9.17) is 26.4 Å². The van der Waals surface area contributed by atoms with Gasteiger partial charge in [-0.3, -0.25) is 14.5 Å². The Bertz CT molecular complexity index is 1230. The normalized spacial score (nSPS) is 14.4. The van der Waals surface area contributed by atoms with Gasteiger partial charge >= 0.3 is 5.97 Å². The van der Waals surface area contributed by atoms with E-state index >= 15 is 0 Å². The lowest BCUT2D eigenvalue weighted by atomic mass is 10.0. The van der Waals surface area contributed by atoms with Crippen LogP contribution in [0, 0.1) is 20.8 Å². The summed E-state index contributed by atoms with van der Waals surface area (Å²) in [6.07, 6.45) is 2.54. The summed E-state index contributed by atoms with van der Waals surface area (Å²) >= 11 is 10.3. The third-order valence-electron chi connectivity index (χ3n) is 5.90. The Morgan fingerprint density at radius 1 is 1.05 bits per heavy atom. The number of thiocarbonyl (C=S) groups is 1. The van der Waals surface area contributed by atoms with E-state index in [1.807, 2.05) is 19.1 Å². The van der Waals surface area contributed by atoms with Gasteiger partial charge in [-0.15, -0.1) is 0 Å². The van der Waals surface area contributed by atoms with Crippen LogP contribution in [0.1, 0.15) is 54.5 Å². The van der Waals surface area contributed by atoms with Gasteiger partial charge in [-0.05, 0) is 103 Å². The number of thioether (sulfide) groups is 1. The molecule has 1 heterocycles. The minimum Gasteiger partial charge on any atom is -0.490 e. The number of nitrogens with zero attached hydrogens (tertiary/aromatic N) is 1. The highest BCUT2D eigenvalue weighted by molar-refractivity contribution is 9.10. The zero-order valence-corrected chi connectivity index (χ0v) is 25.0. The van der Waals surface area contributed by atoms with Crippen molar-refractivity contribution in [2.24, 2.45) is 0 Å². The highest BCUT2D eigenvalue weighted by Gasteiger charge is 2.31. The summed E-state index contributed by atoms with van der Waals surface area (Å²) in [6, 6.07) is 8.09. The number of esters is 1. The number of carbonyl (C=O) groups is 2.